The fourth-order valence-electron chi connectivity index (χ4n) is 3.14. The first-order valence-corrected chi connectivity index (χ1v) is 10.2. The predicted octanol–water partition coefficient (Wildman–Crippen LogP) is 1.63. The Bertz CT molecular complexity index is 804. The Labute approximate surface area is 154 Å². The number of esters is 1. The highest BCUT2D eigenvalue weighted by molar-refractivity contribution is 7.89. The molecule has 144 valence electrons. The quantitative estimate of drug-likeness (QED) is 0.782. The van der Waals surface area contributed by atoms with Crippen LogP contribution in [0.1, 0.15) is 41.3 Å². The van der Waals surface area contributed by atoms with Gasteiger partial charge in [0.1, 0.15) is 0 Å². The first kappa shape index (κ1) is 20.4. The number of sulfonamides is 1. The lowest BCUT2D eigenvalue weighted by molar-refractivity contribution is -0.149. The van der Waals surface area contributed by atoms with E-state index in [1.165, 1.54) is 13.1 Å². The van der Waals surface area contributed by atoms with Gasteiger partial charge in [0.05, 0.1) is 17.4 Å². The van der Waals surface area contributed by atoms with E-state index in [-0.39, 0.29) is 22.7 Å². The Morgan fingerprint density at radius 3 is 2.62 bits per heavy atom. The van der Waals surface area contributed by atoms with Crippen LogP contribution in [0.25, 0.3) is 0 Å². The number of hydrogen-bond donors (Lipinski definition) is 1. The number of piperidine rings is 1. The molecular weight excluding hydrogens is 356 g/mol. The van der Waals surface area contributed by atoms with Gasteiger partial charge in [-0.1, -0.05) is 0 Å². The molecule has 0 aromatic heterocycles. The van der Waals surface area contributed by atoms with Crippen molar-refractivity contribution in [3.8, 4) is 0 Å². The minimum atomic E-state index is -3.66. The molecular formula is C18H26N2O5S. The zero-order valence-corrected chi connectivity index (χ0v) is 16.5. The normalized spacial score (nSPS) is 17.8. The largest absolute Gasteiger partial charge is 0.466 e. The third kappa shape index (κ3) is 4.24. The van der Waals surface area contributed by atoms with Crippen molar-refractivity contribution in [1.29, 1.82) is 0 Å². The molecule has 1 aromatic rings. The fourth-order valence-corrected chi connectivity index (χ4v) is 4.20. The number of nitrogens with zero attached hydrogens (tertiary/aromatic N) is 1. The number of rotatable bonds is 5. The summed E-state index contributed by atoms with van der Waals surface area (Å²) < 4.78 is 31.8. The predicted molar refractivity (Wildman–Crippen MR) is 97.4 cm³/mol. The van der Waals surface area contributed by atoms with Crippen molar-refractivity contribution in [1.82, 2.24) is 9.62 Å². The zero-order valence-electron chi connectivity index (χ0n) is 15.7. The van der Waals surface area contributed by atoms with Gasteiger partial charge in [0.15, 0.2) is 0 Å². The monoisotopic (exact) mass is 382 g/mol. The standard InChI is InChI=1S/C18H26N2O5S/c1-5-25-18(22)14-7-6-8-20(11-14)17(21)15-9-12(2)13(3)16(10-15)26(23,24)19-4/h9-10,14,19H,5-8,11H2,1-4H3. The molecule has 1 amide bonds. The third-order valence-corrected chi connectivity index (χ3v) is 6.29. The number of carbonyl (C=O) groups is 2. The highest BCUT2D eigenvalue weighted by Gasteiger charge is 2.30. The van der Waals surface area contributed by atoms with E-state index in [1.54, 1.807) is 31.7 Å². The second-order valence-electron chi connectivity index (χ2n) is 6.47. The number of benzene rings is 1. The van der Waals surface area contributed by atoms with Crippen LogP contribution in [0.15, 0.2) is 17.0 Å². The molecule has 0 bridgehead atoms. The van der Waals surface area contributed by atoms with Crippen LogP contribution >= 0.6 is 0 Å². The lowest BCUT2D eigenvalue weighted by Crippen LogP contribution is -2.43. The summed E-state index contributed by atoms with van der Waals surface area (Å²) in [5.41, 5.74) is 1.65. The van der Waals surface area contributed by atoms with Crippen molar-refractivity contribution >= 4 is 21.9 Å². The van der Waals surface area contributed by atoms with Gasteiger partial charge >= 0.3 is 5.97 Å². The van der Waals surface area contributed by atoms with E-state index in [9.17, 15) is 18.0 Å². The van der Waals surface area contributed by atoms with Crippen molar-refractivity contribution < 1.29 is 22.7 Å². The molecule has 1 fully saturated rings. The highest BCUT2D eigenvalue weighted by Crippen LogP contribution is 2.24. The Balaban J connectivity index is 2.31. The molecule has 8 heteroatoms. The molecule has 0 aliphatic carbocycles. The summed E-state index contributed by atoms with van der Waals surface area (Å²) in [4.78, 5) is 26.6. The Morgan fingerprint density at radius 1 is 1.31 bits per heavy atom. The fraction of sp³-hybridized carbons (Fsp3) is 0.556. The molecule has 0 saturated carbocycles. The summed E-state index contributed by atoms with van der Waals surface area (Å²) in [5, 5.41) is 0. The van der Waals surface area contributed by atoms with E-state index < -0.39 is 10.0 Å². The Kier molecular flexibility index (Phi) is 6.41. The van der Waals surface area contributed by atoms with Crippen LogP contribution in [0.2, 0.25) is 0 Å². The molecule has 1 unspecified atom stereocenters. The first-order valence-electron chi connectivity index (χ1n) is 8.72. The molecule has 26 heavy (non-hydrogen) atoms. The zero-order chi connectivity index (χ0) is 19.5. The Hall–Kier alpha value is -1.93. The number of carbonyl (C=O) groups excluding carboxylic acids is 2. The van der Waals surface area contributed by atoms with Gasteiger partial charge in [-0.15, -0.1) is 0 Å². The molecule has 0 radical (unpaired) electrons. The van der Waals surface area contributed by atoms with Crippen LogP contribution < -0.4 is 4.72 Å². The van der Waals surface area contributed by atoms with Gasteiger partial charge in [-0.25, -0.2) is 13.1 Å². The van der Waals surface area contributed by atoms with Gasteiger partial charge in [0, 0.05) is 18.7 Å². The molecule has 2 rings (SSSR count). The van der Waals surface area contributed by atoms with Crippen molar-refractivity contribution in [2.75, 3.05) is 26.7 Å². The van der Waals surface area contributed by atoms with Crippen molar-refractivity contribution in [2.24, 2.45) is 5.92 Å². The minimum absolute atomic E-state index is 0.0994. The van der Waals surface area contributed by atoms with E-state index in [4.69, 9.17) is 4.74 Å². The van der Waals surface area contributed by atoms with Crippen LogP contribution in [0.5, 0.6) is 0 Å². The van der Waals surface area contributed by atoms with Gasteiger partial charge in [-0.3, -0.25) is 9.59 Å². The average molecular weight is 382 g/mol. The molecule has 1 aliphatic rings. The molecule has 1 atom stereocenters. The Morgan fingerprint density at radius 2 is 2.00 bits per heavy atom. The van der Waals surface area contributed by atoms with Crippen LogP contribution in [-0.4, -0.2) is 51.9 Å². The van der Waals surface area contributed by atoms with E-state index in [0.717, 1.165) is 5.56 Å². The van der Waals surface area contributed by atoms with Crippen molar-refractivity contribution in [2.45, 2.75) is 38.5 Å². The second kappa shape index (κ2) is 8.18. The highest BCUT2D eigenvalue weighted by atomic mass is 32.2. The van der Waals surface area contributed by atoms with Gasteiger partial charge in [0.2, 0.25) is 10.0 Å². The third-order valence-electron chi connectivity index (χ3n) is 4.75. The number of ether oxygens (including phenoxy) is 1. The van der Waals surface area contributed by atoms with E-state index in [0.29, 0.717) is 43.7 Å². The minimum Gasteiger partial charge on any atom is -0.466 e. The van der Waals surface area contributed by atoms with Gasteiger partial charge < -0.3 is 9.64 Å². The van der Waals surface area contributed by atoms with Crippen LogP contribution in [0.4, 0.5) is 0 Å². The lowest BCUT2D eigenvalue weighted by Gasteiger charge is -2.31. The molecule has 1 aliphatic heterocycles. The molecule has 1 aromatic carbocycles. The number of amides is 1. The maximum atomic E-state index is 12.9. The van der Waals surface area contributed by atoms with Crippen LogP contribution in [0, 0.1) is 19.8 Å². The van der Waals surface area contributed by atoms with Crippen LogP contribution in [0.3, 0.4) is 0 Å². The lowest BCUT2D eigenvalue weighted by atomic mass is 9.97. The van der Waals surface area contributed by atoms with E-state index >= 15 is 0 Å². The SMILES string of the molecule is CCOC(=O)C1CCCN(C(=O)c2cc(C)c(C)c(S(=O)(=O)NC)c2)C1. The maximum Gasteiger partial charge on any atom is 0.310 e. The summed E-state index contributed by atoms with van der Waals surface area (Å²) in [6.45, 7) is 6.38. The topological polar surface area (TPSA) is 92.8 Å². The van der Waals surface area contributed by atoms with Gasteiger partial charge in [-0.2, -0.15) is 0 Å². The van der Waals surface area contributed by atoms with Crippen molar-refractivity contribution in [3.63, 3.8) is 0 Å². The molecule has 0 spiro atoms. The van der Waals surface area contributed by atoms with Gasteiger partial charge in [-0.05, 0) is 63.9 Å². The summed E-state index contributed by atoms with van der Waals surface area (Å²) >= 11 is 0. The molecule has 1 saturated heterocycles. The number of nitrogens with one attached hydrogen (secondary N) is 1. The molecule has 1 N–H and O–H groups in total. The average Bonchev–Trinajstić information content (AvgIpc) is 2.63. The summed E-state index contributed by atoms with van der Waals surface area (Å²) in [7, 11) is -2.32. The smallest absolute Gasteiger partial charge is 0.310 e. The number of likely N-dealkylation sites (tertiary alicyclic amines) is 1. The summed E-state index contributed by atoms with van der Waals surface area (Å²) in [6, 6.07) is 3.10. The van der Waals surface area contributed by atoms with Crippen molar-refractivity contribution in [3.05, 3.63) is 28.8 Å². The molecule has 7 nitrogen and oxygen atoms in total. The summed E-state index contributed by atoms with van der Waals surface area (Å²) in [6.07, 6.45) is 1.40. The van der Waals surface area contributed by atoms with E-state index in [1.807, 2.05) is 0 Å². The van der Waals surface area contributed by atoms with Crippen LogP contribution in [-0.2, 0) is 19.6 Å². The van der Waals surface area contributed by atoms with Gasteiger partial charge in [0.25, 0.3) is 5.91 Å². The number of hydrogen-bond acceptors (Lipinski definition) is 5. The second-order valence-corrected chi connectivity index (χ2v) is 8.32. The molecule has 1 heterocycles. The maximum absolute atomic E-state index is 12.9. The first-order chi connectivity index (χ1) is 12.2. The number of aryl methyl sites for hydroxylation is 1. The summed E-state index contributed by atoms with van der Waals surface area (Å²) in [5.74, 6) is -0.891. The van der Waals surface area contributed by atoms with E-state index in [2.05, 4.69) is 4.72 Å².